The molecule has 2 N–H and O–H groups in total. The molecule has 0 aliphatic heterocycles. The molecule has 5 nitrogen and oxygen atoms in total. The Kier molecular flexibility index (Phi) is 6.93. The first-order valence-electron chi connectivity index (χ1n) is 8.82. The highest BCUT2D eigenvalue weighted by molar-refractivity contribution is 5.97. The number of carbonyl (C=O) groups is 2. The molecule has 2 aromatic carbocycles. The van der Waals surface area contributed by atoms with Gasteiger partial charge < -0.3 is 15.4 Å². The molecule has 0 bridgehead atoms. The van der Waals surface area contributed by atoms with Crippen molar-refractivity contribution in [2.24, 2.45) is 5.92 Å². The minimum Gasteiger partial charge on any atom is -0.497 e. The lowest BCUT2D eigenvalue weighted by Crippen LogP contribution is -2.50. The summed E-state index contributed by atoms with van der Waals surface area (Å²) in [5.41, 5.74) is 1.23. The molecular weight excluding hydrogens is 347 g/mol. The Balaban J connectivity index is 2.05. The van der Waals surface area contributed by atoms with Crippen molar-refractivity contribution in [3.63, 3.8) is 0 Å². The van der Waals surface area contributed by atoms with Crippen molar-refractivity contribution in [2.45, 2.75) is 32.9 Å². The molecule has 2 amide bonds. The van der Waals surface area contributed by atoms with Gasteiger partial charge in [0, 0.05) is 5.56 Å². The van der Waals surface area contributed by atoms with E-state index in [4.69, 9.17) is 4.74 Å². The number of ether oxygens (including phenoxy) is 1. The third-order valence-electron chi connectivity index (χ3n) is 4.32. The largest absolute Gasteiger partial charge is 0.497 e. The fourth-order valence-corrected chi connectivity index (χ4v) is 2.64. The van der Waals surface area contributed by atoms with Crippen molar-refractivity contribution < 1.29 is 18.7 Å². The predicted molar refractivity (Wildman–Crippen MR) is 102 cm³/mol. The molecule has 0 saturated carbocycles. The average molecular weight is 372 g/mol. The third-order valence-corrected chi connectivity index (χ3v) is 4.32. The Hall–Kier alpha value is -2.89. The summed E-state index contributed by atoms with van der Waals surface area (Å²) in [4.78, 5) is 25.2. The standard InChI is InChI=1S/C21H25FN2O3/c1-13(2)19(24-20(25)16-7-11-18(27-4)12-8-16)21(26)23-14(3)15-5-9-17(22)10-6-15/h5-14,19H,1-4H3,(H,23,26)(H,24,25). The lowest BCUT2D eigenvalue weighted by atomic mass is 10.0. The molecule has 6 heteroatoms. The fraction of sp³-hybridized carbons (Fsp3) is 0.333. The van der Waals surface area contributed by atoms with E-state index in [2.05, 4.69) is 10.6 Å². The van der Waals surface area contributed by atoms with E-state index in [1.807, 2.05) is 20.8 Å². The summed E-state index contributed by atoms with van der Waals surface area (Å²) in [5.74, 6) is -0.404. The number of halogens is 1. The van der Waals surface area contributed by atoms with E-state index in [1.165, 1.54) is 12.1 Å². The predicted octanol–water partition coefficient (Wildman–Crippen LogP) is 3.47. The van der Waals surface area contributed by atoms with Gasteiger partial charge >= 0.3 is 0 Å². The highest BCUT2D eigenvalue weighted by atomic mass is 19.1. The van der Waals surface area contributed by atoms with E-state index in [1.54, 1.807) is 43.5 Å². The minimum absolute atomic E-state index is 0.104. The van der Waals surface area contributed by atoms with Gasteiger partial charge in [0.05, 0.1) is 13.2 Å². The second-order valence-electron chi connectivity index (χ2n) is 6.71. The topological polar surface area (TPSA) is 67.4 Å². The molecule has 0 heterocycles. The maximum Gasteiger partial charge on any atom is 0.251 e. The Morgan fingerprint density at radius 1 is 0.926 bits per heavy atom. The van der Waals surface area contributed by atoms with Crippen LogP contribution in [0.1, 0.15) is 42.7 Å². The Morgan fingerprint density at radius 3 is 2.04 bits per heavy atom. The molecule has 0 aromatic heterocycles. The Morgan fingerprint density at radius 2 is 1.52 bits per heavy atom. The quantitative estimate of drug-likeness (QED) is 0.782. The average Bonchev–Trinajstić information content (AvgIpc) is 2.66. The van der Waals surface area contributed by atoms with Gasteiger partial charge in [-0.3, -0.25) is 9.59 Å². The van der Waals surface area contributed by atoms with Gasteiger partial charge in [0.25, 0.3) is 5.91 Å². The van der Waals surface area contributed by atoms with Crippen LogP contribution < -0.4 is 15.4 Å². The Labute approximate surface area is 158 Å². The number of methoxy groups -OCH3 is 1. The number of amides is 2. The second-order valence-corrected chi connectivity index (χ2v) is 6.71. The van der Waals surface area contributed by atoms with Crippen LogP contribution in [-0.4, -0.2) is 25.0 Å². The molecule has 0 aliphatic rings. The molecule has 144 valence electrons. The monoisotopic (exact) mass is 372 g/mol. The summed E-state index contributed by atoms with van der Waals surface area (Å²) in [5, 5.41) is 5.66. The van der Waals surface area contributed by atoms with Crippen LogP contribution in [0.2, 0.25) is 0 Å². The molecule has 0 spiro atoms. The highest BCUT2D eigenvalue weighted by Crippen LogP contribution is 2.15. The minimum atomic E-state index is -0.692. The van der Waals surface area contributed by atoms with Crippen molar-refractivity contribution in [2.75, 3.05) is 7.11 Å². The number of hydrogen-bond donors (Lipinski definition) is 2. The molecule has 2 rings (SSSR count). The molecule has 0 radical (unpaired) electrons. The molecular formula is C21H25FN2O3. The summed E-state index contributed by atoms with van der Waals surface area (Å²) in [6.07, 6.45) is 0. The van der Waals surface area contributed by atoms with E-state index < -0.39 is 6.04 Å². The normalized spacial score (nSPS) is 13.0. The van der Waals surface area contributed by atoms with E-state index in [9.17, 15) is 14.0 Å². The summed E-state index contributed by atoms with van der Waals surface area (Å²) in [6, 6.07) is 11.6. The van der Waals surface area contributed by atoms with Crippen molar-refractivity contribution in [3.05, 3.63) is 65.5 Å². The molecule has 0 saturated heterocycles. The molecule has 2 unspecified atom stereocenters. The SMILES string of the molecule is COc1ccc(C(=O)NC(C(=O)NC(C)c2ccc(F)cc2)C(C)C)cc1. The lowest BCUT2D eigenvalue weighted by molar-refractivity contribution is -0.124. The molecule has 2 atom stereocenters. The fourth-order valence-electron chi connectivity index (χ4n) is 2.64. The van der Waals surface area contributed by atoms with Crippen molar-refractivity contribution in [1.29, 1.82) is 0 Å². The van der Waals surface area contributed by atoms with Gasteiger partial charge in [-0.05, 0) is 54.8 Å². The van der Waals surface area contributed by atoms with Crippen LogP contribution >= 0.6 is 0 Å². The van der Waals surface area contributed by atoms with E-state index in [0.29, 0.717) is 11.3 Å². The number of nitrogens with one attached hydrogen (secondary N) is 2. The Bertz CT molecular complexity index is 773. The first-order valence-corrected chi connectivity index (χ1v) is 8.82. The zero-order valence-electron chi connectivity index (χ0n) is 16.0. The number of carbonyl (C=O) groups excluding carboxylic acids is 2. The summed E-state index contributed by atoms with van der Waals surface area (Å²) >= 11 is 0. The maximum absolute atomic E-state index is 13.1. The van der Waals surface area contributed by atoms with Crippen LogP contribution in [0.25, 0.3) is 0 Å². The van der Waals surface area contributed by atoms with Crippen molar-refractivity contribution >= 4 is 11.8 Å². The lowest BCUT2D eigenvalue weighted by Gasteiger charge is -2.24. The summed E-state index contributed by atoms with van der Waals surface area (Å²) in [7, 11) is 1.55. The molecule has 27 heavy (non-hydrogen) atoms. The number of rotatable bonds is 7. The van der Waals surface area contributed by atoms with Crippen LogP contribution in [0.4, 0.5) is 4.39 Å². The van der Waals surface area contributed by atoms with Crippen LogP contribution in [0.15, 0.2) is 48.5 Å². The van der Waals surface area contributed by atoms with Crippen LogP contribution in [0.3, 0.4) is 0 Å². The van der Waals surface area contributed by atoms with E-state index >= 15 is 0 Å². The van der Waals surface area contributed by atoms with Gasteiger partial charge in [0.15, 0.2) is 0 Å². The van der Waals surface area contributed by atoms with Crippen LogP contribution in [0, 0.1) is 11.7 Å². The zero-order chi connectivity index (χ0) is 20.0. The summed E-state index contributed by atoms with van der Waals surface area (Å²) < 4.78 is 18.1. The van der Waals surface area contributed by atoms with Crippen LogP contribution in [0.5, 0.6) is 5.75 Å². The molecule has 0 aliphatic carbocycles. The molecule has 0 fully saturated rings. The highest BCUT2D eigenvalue weighted by Gasteiger charge is 2.26. The zero-order valence-corrected chi connectivity index (χ0v) is 16.0. The van der Waals surface area contributed by atoms with Gasteiger partial charge in [0.2, 0.25) is 5.91 Å². The van der Waals surface area contributed by atoms with Crippen molar-refractivity contribution in [3.8, 4) is 5.75 Å². The maximum atomic E-state index is 13.1. The number of hydrogen-bond acceptors (Lipinski definition) is 3. The second kappa shape index (κ2) is 9.16. The van der Waals surface area contributed by atoms with E-state index in [0.717, 1.165) is 5.56 Å². The van der Waals surface area contributed by atoms with Gasteiger partial charge in [-0.15, -0.1) is 0 Å². The van der Waals surface area contributed by atoms with Crippen molar-refractivity contribution in [1.82, 2.24) is 10.6 Å². The smallest absolute Gasteiger partial charge is 0.251 e. The van der Waals surface area contributed by atoms with Gasteiger partial charge in [-0.25, -0.2) is 4.39 Å². The first-order chi connectivity index (χ1) is 12.8. The third kappa shape index (κ3) is 5.54. The summed E-state index contributed by atoms with van der Waals surface area (Å²) in [6.45, 7) is 5.54. The molecule has 2 aromatic rings. The number of benzene rings is 2. The first kappa shape index (κ1) is 20.4. The van der Waals surface area contributed by atoms with Crippen LogP contribution in [-0.2, 0) is 4.79 Å². The van der Waals surface area contributed by atoms with Gasteiger partial charge in [-0.1, -0.05) is 26.0 Å². The van der Waals surface area contributed by atoms with Gasteiger partial charge in [-0.2, -0.15) is 0 Å². The van der Waals surface area contributed by atoms with E-state index in [-0.39, 0.29) is 29.6 Å². The van der Waals surface area contributed by atoms with Gasteiger partial charge in [0.1, 0.15) is 17.6 Å².